The number of aliphatic hydroxyl groups is 1. The van der Waals surface area contributed by atoms with Crippen LogP contribution in [0.3, 0.4) is 0 Å². The van der Waals surface area contributed by atoms with E-state index >= 15 is 0 Å². The maximum Gasteiger partial charge on any atom is 0.217 e. The quantitative estimate of drug-likeness (QED) is 0.756. The molecule has 0 heterocycles. The third-order valence-corrected chi connectivity index (χ3v) is 5.13. The zero-order valence-corrected chi connectivity index (χ0v) is 11.1. The Morgan fingerprint density at radius 2 is 1.53 bits per heavy atom. The Hall–Kier alpha value is -0.130. The topological polar surface area (TPSA) is 66.4 Å². The zero-order valence-electron chi connectivity index (χ0n) is 10.3. The molecule has 0 bridgehead atoms. The van der Waals surface area contributed by atoms with Gasteiger partial charge in [-0.1, -0.05) is 13.8 Å². The van der Waals surface area contributed by atoms with Gasteiger partial charge in [0.2, 0.25) is 10.0 Å². The van der Waals surface area contributed by atoms with E-state index in [0.717, 1.165) is 0 Å². The average Bonchev–Trinajstić information content (AvgIpc) is 2.12. The molecule has 0 spiro atoms. The molecule has 0 atom stereocenters. The van der Waals surface area contributed by atoms with E-state index in [1.54, 1.807) is 20.8 Å². The van der Waals surface area contributed by atoms with E-state index in [1.807, 2.05) is 13.8 Å². The molecule has 15 heavy (non-hydrogen) atoms. The molecule has 2 N–H and O–H groups in total. The number of aliphatic hydroxyl groups excluding tert-OH is 1. The molecule has 0 rings (SSSR count). The predicted octanol–water partition coefficient (Wildman–Crippen LogP) is 1.26. The highest BCUT2D eigenvalue weighted by atomic mass is 32.2. The van der Waals surface area contributed by atoms with Crippen molar-refractivity contribution in [2.45, 2.75) is 57.7 Å². The standard InChI is InChI=1S/C10H23NO3S/c1-6-10(7-2,8-12)11-15(13,14)9(3,4)5/h11-12H,6-8H2,1-5H3. The summed E-state index contributed by atoms with van der Waals surface area (Å²) >= 11 is 0. The van der Waals surface area contributed by atoms with Crippen molar-refractivity contribution in [1.82, 2.24) is 4.72 Å². The molecule has 0 aromatic heterocycles. The molecule has 5 heteroatoms. The first-order valence-corrected chi connectivity index (χ1v) is 6.77. The molecule has 0 saturated carbocycles. The molecule has 0 amide bonds. The van der Waals surface area contributed by atoms with Crippen molar-refractivity contribution < 1.29 is 13.5 Å². The maximum atomic E-state index is 11.9. The van der Waals surface area contributed by atoms with Gasteiger partial charge in [0.15, 0.2) is 0 Å². The monoisotopic (exact) mass is 237 g/mol. The van der Waals surface area contributed by atoms with Gasteiger partial charge in [-0.3, -0.25) is 0 Å². The number of hydrogen-bond acceptors (Lipinski definition) is 3. The third-order valence-electron chi connectivity index (χ3n) is 2.81. The number of hydrogen-bond donors (Lipinski definition) is 2. The van der Waals surface area contributed by atoms with Crippen LogP contribution in [-0.2, 0) is 10.0 Å². The van der Waals surface area contributed by atoms with Gasteiger partial charge in [0.25, 0.3) is 0 Å². The minimum absolute atomic E-state index is 0.171. The van der Waals surface area contributed by atoms with Gasteiger partial charge >= 0.3 is 0 Å². The Balaban J connectivity index is 5.00. The highest BCUT2D eigenvalue weighted by molar-refractivity contribution is 7.90. The smallest absolute Gasteiger partial charge is 0.217 e. The van der Waals surface area contributed by atoms with Crippen LogP contribution in [0.1, 0.15) is 47.5 Å². The van der Waals surface area contributed by atoms with Gasteiger partial charge in [-0.15, -0.1) is 0 Å². The Kier molecular flexibility index (Phi) is 4.76. The number of sulfonamides is 1. The second kappa shape index (κ2) is 4.80. The van der Waals surface area contributed by atoms with Crippen LogP contribution < -0.4 is 4.72 Å². The second-order valence-electron chi connectivity index (χ2n) is 4.86. The van der Waals surface area contributed by atoms with Gasteiger partial charge in [-0.05, 0) is 33.6 Å². The van der Waals surface area contributed by atoms with Crippen LogP contribution in [-0.4, -0.2) is 30.4 Å². The average molecular weight is 237 g/mol. The van der Waals surface area contributed by atoms with Crippen molar-refractivity contribution in [2.24, 2.45) is 0 Å². The molecular formula is C10H23NO3S. The van der Waals surface area contributed by atoms with Gasteiger partial charge < -0.3 is 5.11 Å². The molecule has 0 aliphatic carbocycles. The molecule has 0 unspecified atom stereocenters. The Morgan fingerprint density at radius 3 is 1.73 bits per heavy atom. The molecule has 0 aromatic rings. The summed E-state index contributed by atoms with van der Waals surface area (Å²) in [5.41, 5.74) is -0.716. The Bertz CT molecular complexity index is 278. The van der Waals surface area contributed by atoms with Crippen molar-refractivity contribution in [1.29, 1.82) is 0 Å². The van der Waals surface area contributed by atoms with Crippen LogP contribution in [0.2, 0.25) is 0 Å². The van der Waals surface area contributed by atoms with Crippen molar-refractivity contribution >= 4 is 10.0 Å². The summed E-state index contributed by atoms with van der Waals surface area (Å²) in [6, 6.07) is 0. The fraction of sp³-hybridized carbons (Fsp3) is 1.00. The molecule has 0 aromatic carbocycles. The largest absolute Gasteiger partial charge is 0.394 e. The first-order valence-electron chi connectivity index (χ1n) is 5.28. The van der Waals surface area contributed by atoms with E-state index in [9.17, 15) is 13.5 Å². The van der Waals surface area contributed by atoms with E-state index in [1.165, 1.54) is 0 Å². The van der Waals surface area contributed by atoms with Gasteiger partial charge in [0.05, 0.1) is 16.9 Å². The first-order chi connectivity index (χ1) is 6.64. The normalized spacial score (nSPS) is 14.3. The van der Waals surface area contributed by atoms with E-state index in [4.69, 9.17) is 0 Å². The van der Waals surface area contributed by atoms with Gasteiger partial charge in [-0.2, -0.15) is 0 Å². The lowest BCUT2D eigenvalue weighted by Crippen LogP contribution is -2.54. The Labute approximate surface area is 93.1 Å². The molecule has 0 aliphatic heterocycles. The molecule has 0 saturated heterocycles. The zero-order chi connectivity index (χ0) is 12.3. The van der Waals surface area contributed by atoms with Crippen LogP contribution in [0.25, 0.3) is 0 Å². The number of nitrogens with one attached hydrogen (secondary N) is 1. The molecule has 0 fully saturated rings. The molecule has 0 radical (unpaired) electrons. The summed E-state index contributed by atoms with van der Waals surface area (Å²) in [5.74, 6) is 0. The summed E-state index contributed by atoms with van der Waals surface area (Å²) in [6.45, 7) is 8.49. The number of rotatable bonds is 5. The van der Waals surface area contributed by atoms with Crippen LogP contribution in [0.15, 0.2) is 0 Å². The third kappa shape index (κ3) is 3.43. The molecule has 4 nitrogen and oxygen atoms in total. The van der Waals surface area contributed by atoms with Gasteiger partial charge in [0, 0.05) is 0 Å². The Morgan fingerprint density at radius 1 is 1.13 bits per heavy atom. The van der Waals surface area contributed by atoms with Crippen molar-refractivity contribution in [2.75, 3.05) is 6.61 Å². The van der Waals surface area contributed by atoms with Crippen LogP contribution in [0.4, 0.5) is 0 Å². The van der Waals surface area contributed by atoms with Crippen LogP contribution in [0, 0.1) is 0 Å². The SMILES string of the molecule is CCC(CC)(CO)NS(=O)(=O)C(C)(C)C. The fourth-order valence-electron chi connectivity index (χ4n) is 1.09. The predicted molar refractivity (Wildman–Crippen MR) is 62.2 cm³/mol. The van der Waals surface area contributed by atoms with Gasteiger partial charge in [0.1, 0.15) is 0 Å². The summed E-state index contributed by atoms with van der Waals surface area (Å²) < 4.78 is 25.6. The van der Waals surface area contributed by atoms with E-state index in [-0.39, 0.29) is 6.61 Å². The molecular weight excluding hydrogens is 214 g/mol. The summed E-state index contributed by atoms with van der Waals surface area (Å²) in [6.07, 6.45) is 1.16. The minimum atomic E-state index is -3.40. The maximum absolute atomic E-state index is 11.9. The molecule has 0 aliphatic rings. The highest BCUT2D eigenvalue weighted by Gasteiger charge is 2.37. The minimum Gasteiger partial charge on any atom is -0.394 e. The second-order valence-corrected chi connectivity index (χ2v) is 7.30. The lowest BCUT2D eigenvalue weighted by atomic mass is 9.96. The lowest BCUT2D eigenvalue weighted by molar-refractivity contribution is 0.171. The fourth-order valence-corrected chi connectivity index (χ4v) is 2.32. The lowest BCUT2D eigenvalue weighted by Gasteiger charge is -2.33. The highest BCUT2D eigenvalue weighted by Crippen LogP contribution is 2.21. The van der Waals surface area contributed by atoms with E-state index < -0.39 is 20.3 Å². The first kappa shape index (κ1) is 14.9. The van der Waals surface area contributed by atoms with Crippen molar-refractivity contribution in [3.63, 3.8) is 0 Å². The summed E-state index contributed by atoms with van der Waals surface area (Å²) in [4.78, 5) is 0. The molecule has 92 valence electrons. The van der Waals surface area contributed by atoms with E-state index in [2.05, 4.69) is 4.72 Å². The van der Waals surface area contributed by atoms with Crippen molar-refractivity contribution in [3.8, 4) is 0 Å². The van der Waals surface area contributed by atoms with Crippen LogP contribution >= 0.6 is 0 Å². The van der Waals surface area contributed by atoms with Crippen molar-refractivity contribution in [3.05, 3.63) is 0 Å². The van der Waals surface area contributed by atoms with E-state index in [0.29, 0.717) is 12.8 Å². The summed E-state index contributed by atoms with van der Waals surface area (Å²) in [7, 11) is -3.40. The van der Waals surface area contributed by atoms with Crippen LogP contribution in [0.5, 0.6) is 0 Å². The van der Waals surface area contributed by atoms with Gasteiger partial charge in [-0.25, -0.2) is 13.1 Å². The summed E-state index contributed by atoms with van der Waals surface area (Å²) in [5, 5.41) is 9.28.